The first-order chi connectivity index (χ1) is 13.1. The van der Waals surface area contributed by atoms with Gasteiger partial charge in [-0.05, 0) is 48.6 Å². The molecule has 1 spiro atoms. The molecule has 2 aliphatic heterocycles. The Labute approximate surface area is 158 Å². The molecule has 142 valence electrons. The van der Waals surface area contributed by atoms with Gasteiger partial charge in [-0.2, -0.15) is 0 Å². The maximum Gasteiger partial charge on any atom is 0.227 e. The van der Waals surface area contributed by atoms with Crippen molar-refractivity contribution in [2.75, 3.05) is 26.3 Å². The Balaban J connectivity index is 1.27. The van der Waals surface area contributed by atoms with Gasteiger partial charge in [0.1, 0.15) is 17.2 Å². The van der Waals surface area contributed by atoms with E-state index in [9.17, 15) is 9.18 Å². The lowest BCUT2D eigenvalue weighted by Crippen LogP contribution is -2.66. The number of halogens is 1. The van der Waals surface area contributed by atoms with Gasteiger partial charge in [-0.25, -0.2) is 4.39 Å². The molecule has 2 aliphatic rings. The van der Waals surface area contributed by atoms with Crippen LogP contribution in [-0.4, -0.2) is 47.7 Å². The molecule has 0 bridgehead atoms. The van der Waals surface area contributed by atoms with Gasteiger partial charge < -0.3 is 14.4 Å². The first-order valence-corrected chi connectivity index (χ1v) is 9.34. The summed E-state index contributed by atoms with van der Waals surface area (Å²) in [5, 5.41) is 0. The van der Waals surface area contributed by atoms with Crippen molar-refractivity contribution in [3.05, 3.63) is 60.2 Å². The number of carbonyl (C=O) groups excluding carboxylic acids is 1. The van der Waals surface area contributed by atoms with E-state index in [1.807, 2.05) is 17.0 Å². The Morgan fingerprint density at radius 1 is 1.33 bits per heavy atom. The van der Waals surface area contributed by atoms with E-state index in [0.29, 0.717) is 31.2 Å². The smallest absolute Gasteiger partial charge is 0.227 e. The molecule has 1 aromatic heterocycles. The third-order valence-corrected chi connectivity index (χ3v) is 5.48. The normalized spacial score (nSPS) is 20.5. The molecule has 1 atom stereocenters. The summed E-state index contributed by atoms with van der Waals surface area (Å²) in [6, 6.07) is 9.96. The number of ether oxygens (including phenoxy) is 2. The highest BCUT2D eigenvalue weighted by Gasteiger charge is 2.53. The van der Waals surface area contributed by atoms with E-state index in [1.54, 1.807) is 24.5 Å². The average molecular weight is 370 g/mol. The summed E-state index contributed by atoms with van der Waals surface area (Å²) in [4.78, 5) is 18.3. The van der Waals surface area contributed by atoms with Crippen molar-refractivity contribution in [3.63, 3.8) is 0 Å². The van der Waals surface area contributed by atoms with Crippen molar-refractivity contribution in [1.82, 2.24) is 9.88 Å². The monoisotopic (exact) mass is 370 g/mol. The van der Waals surface area contributed by atoms with Gasteiger partial charge in [0.05, 0.1) is 32.3 Å². The Morgan fingerprint density at radius 3 is 3.00 bits per heavy atom. The zero-order valence-corrected chi connectivity index (χ0v) is 15.1. The standard InChI is InChI=1S/C21H23FN2O3/c22-18-4-1-3-16(11-18)12-20(25)24-14-21(15-24)17(7-10-27-21)6-9-26-19-5-2-8-23-13-19/h1-5,8,11,13,17H,6-7,9-10,12,14-15H2. The molecule has 0 N–H and O–H groups in total. The van der Waals surface area contributed by atoms with Crippen molar-refractivity contribution in [1.29, 1.82) is 0 Å². The predicted octanol–water partition coefficient (Wildman–Crippen LogP) is 2.85. The lowest BCUT2D eigenvalue weighted by atomic mass is 9.79. The summed E-state index contributed by atoms with van der Waals surface area (Å²) in [5.41, 5.74) is 0.463. The molecule has 1 aromatic carbocycles. The molecule has 2 aromatic rings. The Morgan fingerprint density at radius 2 is 2.22 bits per heavy atom. The molecular weight excluding hydrogens is 347 g/mol. The van der Waals surface area contributed by atoms with Gasteiger partial charge in [-0.3, -0.25) is 9.78 Å². The van der Waals surface area contributed by atoms with Crippen LogP contribution in [0.25, 0.3) is 0 Å². The highest BCUT2D eigenvalue weighted by atomic mass is 19.1. The minimum absolute atomic E-state index is 0.0204. The molecule has 0 radical (unpaired) electrons. The fourth-order valence-electron chi connectivity index (χ4n) is 4.00. The van der Waals surface area contributed by atoms with Crippen molar-refractivity contribution >= 4 is 5.91 Å². The molecule has 1 unspecified atom stereocenters. The second-order valence-corrected chi connectivity index (χ2v) is 7.28. The Bertz CT molecular complexity index is 793. The van der Waals surface area contributed by atoms with Gasteiger partial charge in [-0.1, -0.05) is 12.1 Å². The van der Waals surface area contributed by atoms with Crippen molar-refractivity contribution in [3.8, 4) is 5.75 Å². The van der Waals surface area contributed by atoms with Crippen molar-refractivity contribution < 1.29 is 18.7 Å². The number of amides is 1. The number of carbonyl (C=O) groups is 1. The molecule has 0 aliphatic carbocycles. The van der Waals surface area contributed by atoms with E-state index >= 15 is 0 Å². The molecule has 3 heterocycles. The number of rotatable bonds is 6. The van der Waals surface area contributed by atoms with E-state index in [0.717, 1.165) is 25.2 Å². The van der Waals surface area contributed by atoms with Gasteiger partial charge in [0, 0.05) is 12.8 Å². The van der Waals surface area contributed by atoms with Crippen LogP contribution in [0.2, 0.25) is 0 Å². The fourth-order valence-corrected chi connectivity index (χ4v) is 4.00. The van der Waals surface area contributed by atoms with Crippen molar-refractivity contribution in [2.24, 2.45) is 5.92 Å². The molecule has 2 saturated heterocycles. The molecule has 1 amide bonds. The second kappa shape index (κ2) is 7.64. The van der Waals surface area contributed by atoms with Gasteiger partial charge in [-0.15, -0.1) is 0 Å². The molecule has 0 saturated carbocycles. The topological polar surface area (TPSA) is 51.7 Å². The Hall–Kier alpha value is -2.47. The number of hydrogen-bond acceptors (Lipinski definition) is 4. The van der Waals surface area contributed by atoms with Crippen LogP contribution in [0.3, 0.4) is 0 Å². The quantitative estimate of drug-likeness (QED) is 0.785. The maximum atomic E-state index is 13.3. The third-order valence-electron chi connectivity index (χ3n) is 5.48. The zero-order valence-electron chi connectivity index (χ0n) is 15.1. The van der Waals surface area contributed by atoms with Crippen LogP contribution >= 0.6 is 0 Å². The van der Waals surface area contributed by atoms with Crippen LogP contribution in [0.5, 0.6) is 5.75 Å². The zero-order chi connectivity index (χ0) is 18.7. The van der Waals surface area contributed by atoms with Crippen LogP contribution < -0.4 is 4.74 Å². The summed E-state index contributed by atoms with van der Waals surface area (Å²) in [6.07, 6.45) is 5.53. The second-order valence-electron chi connectivity index (χ2n) is 7.28. The van der Waals surface area contributed by atoms with Crippen molar-refractivity contribution in [2.45, 2.75) is 24.9 Å². The van der Waals surface area contributed by atoms with Gasteiger partial charge in [0.15, 0.2) is 0 Å². The highest BCUT2D eigenvalue weighted by molar-refractivity contribution is 5.80. The maximum absolute atomic E-state index is 13.3. The lowest BCUT2D eigenvalue weighted by molar-refractivity contribution is -0.165. The van der Waals surface area contributed by atoms with E-state index in [2.05, 4.69) is 4.98 Å². The molecule has 6 heteroatoms. The third kappa shape index (κ3) is 3.95. The summed E-state index contributed by atoms with van der Waals surface area (Å²) >= 11 is 0. The van der Waals surface area contributed by atoms with E-state index in [1.165, 1.54) is 12.1 Å². The summed E-state index contributed by atoms with van der Waals surface area (Å²) in [6.45, 7) is 2.56. The van der Waals surface area contributed by atoms with Crippen LogP contribution in [0.4, 0.5) is 4.39 Å². The van der Waals surface area contributed by atoms with Crippen LogP contribution in [0, 0.1) is 11.7 Å². The number of pyridine rings is 1. The number of benzene rings is 1. The van der Waals surface area contributed by atoms with E-state index in [4.69, 9.17) is 9.47 Å². The SMILES string of the molecule is O=C(Cc1cccc(F)c1)N1CC2(C1)OCCC2CCOc1cccnc1. The highest BCUT2D eigenvalue weighted by Crippen LogP contribution is 2.41. The van der Waals surface area contributed by atoms with Gasteiger partial charge in [0.25, 0.3) is 0 Å². The number of nitrogens with zero attached hydrogens (tertiary/aromatic N) is 2. The minimum Gasteiger partial charge on any atom is -0.492 e. The first kappa shape index (κ1) is 17.9. The molecule has 2 fully saturated rings. The Kier molecular flexibility index (Phi) is 5.07. The molecule has 4 rings (SSSR count). The number of hydrogen-bond donors (Lipinski definition) is 0. The van der Waals surface area contributed by atoms with Gasteiger partial charge in [0.2, 0.25) is 5.91 Å². The van der Waals surface area contributed by atoms with E-state index in [-0.39, 0.29) is 23.7 Å². The summed E-state index contributed by atoms with van der Waals surface area (Å²) in [5.74, 6) is 0.860. The van der Waals surface area contributed by atoms with Crippen LogP contribution in [-0.2, 0) is 16.0 Å². The molecule has 27 heavy (non-hydrogen) atoms. The predicted molar refractivity (Wildman–Crippen MR) is 97.8 cm³/mol. The van der Waals surface area contributed by atoms with Crippen LogP contribution in [0.1, 0.15) is 18.4 Å². The molecule has 5 nitrogen and oxygen atoms in total. The fraction of sp³-hybridized carbons (Fsp3) is 0.429. The van der Waals surface area contributed by atoms with E-state index < -0.39 is 0 Å². The minimum atomic E-state index is -0.312. The lowest BCUT2D eigenvalue weighted by Gasteiger charge is -2.50. The van der Waals surface area contributed by atoms with Crippen LogP contribution in [0.15, 0.2) is 48.8 Å². The first-order valence-electron chi connectivity index (χ1n) is 9.34. The average Bonchev–Trinajstić information content (AvgIpc) is 3.05. The summed E-state index contributed by atoms with van der Waals surface area (Å²) < 4.78 is 25.1. The largest absolute Gasteiger partial charge is 0.492 e. The molecular formula is C21H23FN2O3. The summed E-state index contributed by atoms with van der Waals surface area (Å²) in [7, 11) is 0. The number of aromatic nitrogens is 1. The number of likely N-dealkylation sites (tertiary alicyclic amines) is 1. The van der Waals surface area contributed by atoms with Gasteiger partial charge >= 0.3 is 0 Å².